The van der Waals surface area contributed by atoms with Crippen molar-refractivity contribution in [2.45, 2.75) is 25.3 Å². The minimum Gasteiger partial charge on any atom is -0.383 e. The first-order valence-corrected chi connectivity index (χ1v) is 11.4. The molecule has 0 radical (unpaired) electrons. The number of likely N-dealkylation sites (tertiary alicyclic amines) is 1. The van der Waals surface area contributed by atoms with Gasteiger partial charge in [0.25, 0.3) is 0 Å². The number of ether oxygens (including phenoxy) is 1. The number of rotatable bonds is 8. The zero-order valence-corrected chi connectivity index (χ0v) is 18.3. The van der Waals surface area contributed by atoms with E-state index in [0.29, 0.717) is 32.2 Å². The first kappa shape index (κ1) is 21.0. The highest BCUT2D eigenvalue weighted by Gasteiger charge is 2.26. The maximum atomic E-state index is 13.1. The largest absolute Gasteiger partial charge is 0.383 e. The first-order valence-electron chi connectivity index (χ1n) is 10.6. The molecular weight excluding hydrogens is 394 g/mol. The molecule has 30 heavy (non-hydrogen) atoms. The summed E-state index contributed by atoms with van der Waals surface area (Å²) in [7, 11) is 1.68. The molecule has 1 aromatic heterocycles. The minimum absolute atomic E-state index is 0.167. The molecular formula is C24H29N3O2S. The standard InChI is InChI=1S/C24H29N3O2S/c1-29-15-14-27(16-19-8-3-2-4-9-19)23(28)18-26-13-7-10-20(17-26)24-25-21-11-5-6-12-22(21)30-24/h2-6,8-9,11-12,20H,7,10,13-18H2,1H3/t20-/m1/s1. The average Bonchev–Trinajstić information content (AvgIpc) is 3.22. The molecule has 2 heterocycles. The molecule has 5 nitrogen and oxygen atoms in total. The SMILES string of the molecule is COCCN(Cc1ccccc1)C(=O)CN1CCC[C@@H](c2nc3ccccc3s2)C1. The van der Waals surface area contributed by atoms with Crippen LogP contribution < -0.4 is 0 Å². The van der Waals surface area contributed by atoms with Gasteiger partial charge in [0.1, 0.15) is 0 Å². The van der Waals surface area contributed by atoms with E-state index in [9.17, 15) is 4.79 Å². The van der Waals surface area contributed by atoms with Crippen molar-refractivity contribution in [2.75, 3.05) is 39.9 Å². The van der Waals surface area contributed by atoms with E-state index in [1.54, 1.807) is 18.4 Å². The summed E-state index contributed by atoms with van der Waals surface area (Å²) >= 11 is 1.79. The quantitative estimate of drug-likeness (QED) is 0.546. The molecule has 1 aliphatic heterocycles. The Morgan fingerprint density at radius 3 is 2.80 bits per heavy atom. The average molecular weight is 424 g/mol. The van der Waals surface area contributed by atoms with Gasteiger partial charge < -0.3 is 9.64 Å². The Morgan fingerprint density at radius 2 is 2.00 bits per heavy atom. The highest BCUT2D eigenvalue weighted by atomic mass is 32.1. The summed E-state index contributed by atoms with van der Waals surface area (Å²) in [5, 5.41) is 1.20. The van der Waals surface area contributed by atoms with Gasteiger partial charge >= 0.3 is 0 Å². The maximum absolute atomic E-state index is 13.1. The van der Waals surface area contributed by atoms with Crippen molar-refractivity contribution in [1.29, 1.82) is 0 Å². The predicted octanol–water partition coefficient (Wildman–Crippen LogP) is 4.15. The first-order chi connectivity index (χ1) is 14.7. The van der Waals surface area contributed by atoms with Crippen LogP contribution in [0.5, 0.6) is 0 Å². The number of hydrogen-bond acceptors (Lipinski definition) is 5. The molecule has 1 amide bonds. The number of amides is 1. The predicted molar refractivity (Wildman–Crippen MR) is 122 cm³/mol. The molecule has 0 bridgehead atoms. The van der Waals surface area contributed by atoms with E-state index in [0.717, 1.165) is 37.0 Å². The van der Waals surface area contributed by atoms with Gasteiger partial charge in [-0.25, -0.2) is 4.98 Å². The summed E-state index contributed by atoms with van der Waals surface area (Å²) in [6, 6.07) is 18.5. The molecule has 2 aromatic carbocycles. The third-order valence-electron chi connectivity index (χ3n) is 5.66. The van der Waals surface area contributed by atoms with E-state index >= 15 is 0 Å². The van der Waals surface area contributed by atoms with Crippen LogP contribution in [0.2, 0.25) is 0 Å². The number of fused-ring (bicyclic) bond motifs is 1. The van der Waals surface area contributed by atoms with E-state index in [2.05, 4.69) is 35.2 Å². The molecule has 0 unspecified atom stereocenters. The molecule has 0 aliphatic carbocycles. The highest BCUT2D eigenvalue weighted by molar-refractivity contribution is 7.18. The minimum atomic E-state index is 0.167. The van der Waals surface area contributed by atoms with E-state index in [-0.39, 0.29) is 5.91 Å². The number of carbonyl (C=O) groups excluding carboxylic acids is 1. The third-order valence-corrected chi connectivity index (χ3v) is 6.86. The molecule has 1 atom stereocenters. The summed E-state index contributed by atoms with van der Waals surface area (Å²) in [5.41, 5.74) is 2.23. The van der Waals surface area contributed by atoms with E-state index in [4.69, 9.17) is 9.72 Å². The second kappa shape index (κ2) is 10.2. The highest BCUT2D eigenvalue weighted by Crippen LogP contribution is 2.32. The molecule has 6 heteroatoms. The fourth-order valence-electron chi connectivity index (χ4n) is 4.05. The summed E-state index contributed by atoms with van der Waals surface area (Å²) in [6.07, 6.45) is 2.24. The smallest absolute Gasteiger partial charge is 0.237 e. The van der Waals surface area contributed by atoms with Crippen LogP contribution in [0.3, 0.4) is 0 Å². The number of carbonyl (C=O) groups is 1. The lowest BCUT2D eigenvalue weighted by atomic mass is 9.98. The van der Waals surface area contributed by atoms with Gasteiger partial charge in [-0.15, -0.1) is 11.3 Å². The van der Waals surface area contributed by atoms with Gasteiger partial charge in [-0.3, -0.25) is 9.69 Å². The fourth-order valence-corrected chi connectivity index (χ4v) is 5.15. The Hall–Kier alpha value is -2.28. The number of hydrogen-bond donors (Lipinski definition) is 0. The lowest BCUT2D eigenvalue weighted by Crippen LogP contribution is -2.44. The monoisotopic (exact) mass is 423 g/mol. The molecule has 0 N–H and O–H groups in total. The molecule has 1 fully saturated rings. The maximum Gasteiger partial charge on any atom is 0.237 e. The Morgan fingerprint density at radius 1 is 1.20 bits per heavy atom. The van der Waals surface area contributed by atoms with Crippen LogP contribution in [-0.4, -0.2) is 60.6 Å². The van der Waals surface area contributed by atoms with Crippen LogP contribution >= 0.6 is 11.3 Å². The van der Waals surface area contributed by atoms with Crippen molar-refractivity contribution < 1.29 is 9.53 Å². The Balaban J connectivity index is 1.40. The Kier molecular flexibility index (Phi) is 7.10. The van der Waals surface area contributed by atoms with Gasteiger partial charge in [0.15, 0.2) is 0 Å². The van der Waals surface area contributed by atoms with Crippen LogP contribution in [0.1, 0.15) is 29.3 Å². The molecule has 3 aromatic rings. The number of para-hydroxylation sites is 1. The van der Waals surface area contributed by atoms with Crippen molar-refractivity contribution in [3.63, 3.8) is 0 Å². The van der Waals surface area contributed by atoms with Crippen molar-refractivity contribution in [3.8, 4) is 0 Å². The third kappa shape index (κ3) is 5.25. The van der Waals surface area contributed by atoms with E-state index in [1.807, 2.05) is 29.2 Å². The Labute approximate surface area is 182 Å². The molecule has 4 rings (SSSR count). The van der Waals surface area contributed by atoms with Crippen molar-refractivity contribution in [1.82, 2.24) is 14.8 Å². The van der Waals surface area contributed by atoms with Gasteiger partial charge in [0.05, 0.1) is 28.4 Å². The zero-order valence-electron chi connectivity index (χ0n) is 17.5. The lowest BCUT2D eigenvalue weighted by Gasteiger charge is -2.33. The van der Waals surface area contributed by atoms with Crippen molar-refractivity contribution in [2.24, 2.45) is 0 Å². The Bertz CT molecular complexity index is 926. The summed E-state index contributed by atoms with van der Waals surface area (Å²) in [6.45, 7) is 4.11. The van der Waals surface area contributed by atoms with Crippen molar-refractivity contribution in [3.05, 3.63) is 65.2 Å². The van der Waals surface area contributed by atoms with Crippen LogP contribution in [0.25, 0.3) is 10.2 Å². The topological polar surface area (TPSA) is 45.7 Å². The molecule has 1 aliphatic rings. The summed E-state index contributed by atoms with van der Waals surface area (Å²) in [5.74, 6) is 0.575. The molecule has 158 valence electrons. The number of aromatic nitrogens is 1. The normalized spacial score (nSPS) is 17.3. The number of methoxy groups -OCH3 is 1. The van der Waals surface area contributed by atoms with E-state index < -0.39 is 0 Å². The second-order valence-electron chi connectivity index (χ2n) is 7.89. The summed E-state index contributed by atoms with van der Waals surface area (Å²) in [4.78, 5) is 22.2. The van der Waals surface area contributed by atoms with Crippen LogP contribution in [-0.2, 0) is 16.1 Å². The van der Waals surface area contributed by atoms with Crippen LogP contribution in [0, 0.1) is 0 Å². The zero-order chi connectivity index (χ0) is 20.8. The molecule has 1 saturated heterocycles. The second-order valence-corrected chi connectivity index (χ2v) is 8.95. The molecule has 0 spiro atoms. The fraction of sp³-hybridized carbons (Fsp3) is 0.417. The number of benzene rings is 2. The van der Waals surface area contributed by atoms with Crippen LogP contribution in [0.15, 0.2) is 54.6 Å². The number of piperidine rings is 1. The van der Waals surface area contributed by atoms with E-state index in [1.165, 1.54) is 9.71 Å². The van der Waals surface area contributed by atoms with Crippen LogP contribution in [0.4, 0.5) is 0 Å². The lowest BCUT2D eigenvalue weighted by molar-refractivity contribution is -0.134. The van der Waals surface area contributed by atoms with Crippen molar-refractivity contribution >= 4 is 27.5 Å². The van der Waals surface area contributed by atoms with Gasteiger partial charge in [-0.05, 0) is 37.1 Å². The van der Waals surface area contributed by atoms with Gasteiger partial charge in [-0.1, -0.05) is 42.5 Å². The van der Waals surface area contributed by atoms with Gasteiger partial charge in [0, 0.05) is 32.7 Å². The number of thiazole rings is 1. The summed E-state index contributed by atoms with van der Waals surface area (Å²) < 4.78 is 6.48. The molecule has 0 saturated carbocycles. The van der Waals surface area contributed by atoms with Gasteiger partial charge in [-0.2, -0.15) is 0 Å². The number of nitrogens with zero attached hydrogens (tertiary/aromatic N) is 3. The van der Waals surface area contributed by atoms with Gasteiger partial charge in [0.2, 0.25) is 5.91 Å².